The van der Waals surface area contributed by atoms with Gasteiger partial charge in [0.1, 0.15) is 6.10 Å². The van der Waals surface area contributed by atoms with E-state index in [2.05, 4.69) is 0 Å². The summed E-state index contributed by atoms with van der Waals surface area (Å²) in [6.45, 7) is 3.61. The first-order valence-corrected chi connectivity index (χ1v) is 8.31. The van der Waals surface area contributed by atoms with Gasteiger partial charge in [0.05, 0.1) is 0 Å². The van der Waals surface area contributed by atoms with Gasteiger partial charge in [0, 0.05) is 38.7 Å². The smallest absolute Gasteiger partial charge is 0.303 e. The van der Waals surface area contributed by atoms with Crippen molar-refractivity contribution in [2.45, 2.75) is 57.3 Å². The van der Waals surface area contributed by atoms with Crippen LogP contribution in [-0.4, -0.2) is 58.9 Å². The molecule has 1 saturated carbocycles. The zero-order valence-electron chi connectivity index (χ0n) is 15.0. The maximum absolute atomic E-state index is 11.7. The summed E-state index contributed by atoms with van der Waals surface area (Å²) in [5.74, 6) is -2.45. The second-order valence-electron chi connectivity index (χ2n) is 6.51. The maximum Gasteiger partial charge on any atom is 0.303 e. The van der Waals surface area contributed by atoms with E-state index in [1.807, 2.05) is 0 Å². The number of fused-ring (bicyclic) bond motifs is 1. The van der Waals surface area contributed by atoms with Gasteiger partial charge in [0.25, 0.3) is 0 Å². The van der Waals surface area contributed by atoms with Crippen molar-refractivity contribution < 1.29 is 38.1 Å². The van der Waals surface area contributed by atoms with E-state index in [-0.39, 0.29) is 0 Å². The van der Waals surface area contributed by atoms with Crippen LogP contribution in [-0.2, 0) is 38.1 Å². The van der Waals surface area contributed by atoms with Crippen molar-refractivity contribution in [3.63, 3.8) is 0 Å². The highest BCUT2D eigenvalue weighted by Gasteiger charge is 2.84. The summed E-state index contributed by atoms with van der Waals surface area (Å²) in [7, 11) is 0. The van der Waals surface area contributed by atoms with Crippen LogP contribution in [0.2, 0.25) is 0 Å². The van der Waals surface area contributed by atoms with Crippen molar-refractivity contribution in [1.29, 1.82) is 0 Å². The molecule has 0 bridgehead atoms. The molecule has 1 saturated heterocycles. The summed E-state index contributed by atoms with van der Waals surface area (Å²) in [6, 6.07) is 0. The lowest BCUT2D eigenvalue weighted by Gasteiger charge is -2.34. The van der Waals surface area contributed by atoms with Crippen molar-refractivity contribution in [2.24, 2.45) is 5.73 Å². The molecule has 2 heterocycles. The fourth-order valence-corrected chi connectivity index (χ4v) is 3.48. The van der Waals surface area contributed by atoms with Crippen molar-refractivity contribution in [2.75, 3.05) is 0 Å². The molecule has 10 heteroatoms. The number of hydrogen-bond acceptors (Lipinski definition) is 9. The molecule has 3 rings (SSSR count). The molecule has 1 aliphatic carbocycles. The van der Waals surface area contributed by atoms with Crippen LogP contribution in [0, 0.1) is 0 Å². The van der Waals surface area contributed by atoms with Gasteiger partial charge in [-0.25, -0.2) is 0 Å². The zero-order valence-corrected chi connectivity index (χ0v) is 15.0. The van der Waals surface area contributed by atoms with Crippen LogP contribution in [0.15, 0.2) is 24.0 Å². The van der Waals surface area contributed by atoms with Crippen molar-refractivity contribution >= 4 is 23.8 Å². The van der Waals surface area contributed by atoms with Gasteiger partial charge in [-0.3, -0.25) is 19.2 Å². The summed E-state index contributed by atoms with van der Waals surface area (Å²) in [6.07, 6.45) is 1.49. The lowest BCUT2D eigenvalue weighted by Crippen LogP contribution is -2.50. The number of primary amides is 1. The Bertz CT molecular complexity index is 760. The lowest BCUT2D eigenvalue weighted by atomic mass is 10.1. The summed E-state index contributed by atoms with van der Waals surface area (Å²) >= 11 is 0. The van der Waals surface area contributed by atoms with Gasteiger partial charge < -0.3 is 29.6 Å². The first-order valence-electron chi connectivity index (χ1n) is 8.31. The fourth-order valence-electron chi connectivity index (χ4n) is 3.48. The Labute approximate surface area is 154 Å². The first-order chi connectivity index (χ1) is 12.7. The van der Waals surface area contributed by atoms with Gasteiger partial charge in [0.2, 0.25) is 11.5 Å². The van der Waals surface area contributed by atoms with E-state index in [9.17, 15) is 19.2 Å². The summed E-state index contributed by atoms with van der Waals surface area (Å²) in [4.78, 5) is 47.7. The third-order valence-electron chi connectivity index (χ3n) is 4.48. The average molecular weight is 380 g/mol. The second kappa shape index (κ2) is 6.69. The lowest BCUT2D eigenvalue weighted by molar-refractivity contribution is -0.185. The highest BCUT2D eigenvalue weighted by Crippen LogP contribution is 2.57. The van der Waals surface area contributed by atoms with Crippen LogP contribution in [0.3, 0.4) is 0 Å². The Hall–Kier alpha value is -2.88. The van der Waals surface area contributed by atoms with E-state index in [1.54, 1.807) is 12.3 Å². The molecule has 146 valence electrons. The molecule has 27 heavy (non-hydrogen) atoms. The summed E-state index contributed by atoms with van der Waals surface area (Å²) in [5, 5.41) is 0. The van der Waals surface area contributed by atoms with Crippen LogP contribution in [0.1, 0.15) is 27.2 Å². The molecular formula is C17H20N2O8. The first kappa shape index (κ1) is 18.9. The molecule has 5 atom stereocenters. The van der Waals surface area contributed by atoms with E-state index in [0.717, 1.165) is 0 Å². The molecule has 0 aromatic heterocycles. The molecule has 1 amide bonds. The number of carbonyl (C=O) groups excluding carboxylic acids is 4. The fraction of sp³-hybridized carbons (Fsp3) is 0.529. The number of amides is 1. The van der Waals surface area contributed by atoms with Crippen LogP contribution in [0.5, 0.6) is 0 Å². The Morgan fingerprint density at radius 3 is 2.30 bits per heavy atom. The molecule has 0 aromatic rings. The third-order valence-corrected chi connectivity index (χ3v) is 4.48. The number of hydrogen-bond donors (Lipinski definition) is 1. The van der Waals surface area contributed by atoms with Gasteiger partial charge in [-0.15, -0.1) is 0 Å². The topological polar surface area (TPSA) is 134 Å². The monoisotopic (exact) mass is 380 g/mol. The molecule has 3 aliphatic rings. The highest BCUT2D eigenvalue weighted by atomic mass is 16.7. The largest absolute Gasteiger partial charge is 0.455 e. The predicted octanol–water partition coefficient (Wildman–Crippen LogP) is -0.521. The highest BCUT2D eigenvalue weighted by molar-refractivity contribution is 5.92. The Morgan fingerprint density at radius 2 is 1.74 bits per heavy atom. The van der Waals surface area contributed by atoms with Crippen molar-refractivity contribution in [3.05, 3.63) is 24.0 Å². The molecule has 0 spiro atoms. The van der Waals surface area contributed by atoms with Crippen molar-refractivity contribution in [1.82, 2.24) is 4.90 Å². The summed E-state index contributed by atoms with van der Waals surface area (Å²) in [5.41, 5.74) is 4.22. The number of ether oxygens (including phenoxy) is 4. The van der Waals surface area contributed by atoms with E-state index in [1.165, 1.54) is 31.9 Å². The van der Waals surface area contributed by atoms with Crippen LogP contribution in [0.4, 0.5) is 0 Å². The molecular weight excluding hydrogens is 360 g/mol. The molecule has 1 unspecified atom stereocenters. The average Bonchev–Trinajstić information content (AvgIpc) is 3.00. The number of nitrogens with two attached hydrogens (primary N) is 1. The molecule has 0 radical (unpaired) electrons. The van der Waals surface area contributed by atoms with E-state index >= 15 is 0 Å². The van der Waals surface area contributed by atoms with Gasteiger partial charge >= 0.3 is 17.9 Å². The van der Waals surface area contributed by atoms with Gasteiger partial charge in [-0.05, 0) is 6.42 Å². The Balaban J connectivity index is 1.93. The van der Waals surface area contributed by atoms with Crippen LogP contribution in [0.25, 0.3) is 0 Å². The standard InChI is InChI=1S/C17H20N2O8/c1-8(20)24-12-13-17(12,27-10(3)22)14(25-9(2)21)16(26-13)19-6-4-5-11(7-19)15(18)23/h4,6-7,12-14,16H,5H2,1-3H3,(H2,18,23)/t12?,13-,14+,16-,17-/m1/s1. The minimum absolute atomic E-state index is 0.335. The quantitative estimate of drug-likeness (QED) is 0.494. The van der Waals surface area contributed by atoms with E-state index in [4.69, 9.17) is 24.7 Å². The molecule has 10 nitrogen and oxygen atoms in total. The number of nitrogens with zero attached hydrogens (tertiary/aromatic N) is 1. The number of allylic oxidation sites excluding steroid dienone is 1. The number of esters is 3. The predicted molar refractivity (Wildman–Crippen MR) is 87.1 cm³/mol. The SMILES string of the molecule is CC(=O)OC1[C@H]2O[C@@H](N3C=CCC(C(N)=O)=C3)[C@H](OC(C)=O)[C@@]12OC(C)=O. The molecule has 2 aliphatic heterocycles. The van der Waals surface area contributed by atoms with E-state index in [0.29, 0.717) is 12.0 Å². The van der Waals surface area contributed by atoms with E-state index < -0.39 is 54.0 Å². The number of rotatable bonds is 5. The minimum atomic E-state index is -1.44. The molecule has 0 aromatic carbocycles. The minimum Gasteiger partial charge on any atom is -0.455 e. The van der Waals surface area contributed by atoms with Crippen LogP contribution >= 0.6 is 0 Å². The number of carbonyl (C=O) groups is 4. The summed E-state index contributed by atoms with van der Waals surface area (Å²) < 4.78 is 21.9. The Morgan fingerprint density at radius 1 is 1.11 bits per heavy atom. The van der Waals surface area contributed by atoms with Gasteiger partial charge in [0.15, 0.2) is 18.4 Å². The second-order valence-corrected chi connectivity index (χ2v) is 6.51. The normalized spacial score (nSPS) is 33.6. The molecule has 2 fully saturated rings. The third kappa shape index (κ3) is 3.27. The Kier molecular flexibility index (Phi) is 4.68. The van der Waals surface area contributed by atoms with Crippen molar-refractivity contribution in [3.8, 4) is 0 Å². The van der Waals surface area contributed by atoms with Gasteiger partial charge in [-0.1, -0.05) is 6.08 Å². The maximum atomic E-state index is 11.7. The van der Waals surface area contributed by atoms with Crippen LogP contribution < -0.4 is 5.73 Å². The molecule has 2 N–H and O–H groups in total. The van der Waals surface area contributed by atoms with Gasteiger partial charge in [-0.2, -0.15) is 0 Å². The zero-order chi connectivity index (χ0) is 19.9.